The Balaban J connectivity index is 3.57. The summed E-state index contributed by atoms with van der Waals surface area (Å²) in [7, 11) is 3.12. The number of Topliss-reactive ketones (excluding diaryl/α,β-unsaturated/α-hetero) is 1. The van der Waals surface area contributed by atoms with Crippen LogP contribution in [0.5, 0.6) is 0 Å². The Morgan fingerprint density at radius 2 is 1.68 bits per heavy atom. The van der Waals surface area contributed by atoms with Crippen LogP contribution in [0, 0.1) is 0 Å². The molecule has 0 aromatic carbocycles. The summed E-state index contributed by atoms with van der Waals surface area (Å²) in [5.74, 6) is 0.0835. The number of rotatable bonds is 13. The van der Waals surface area contributed by atoms with Crippen LogP contribution >= 0.6 is 0 Å². The first-order valence-electron chi connectivity index (χ1n) is 7.39. The van der Waals surface area contributed by atoms with Gasteiger partial charge in [0.1, 0.15) is 5.78 Å². The van der Waals surface area contributed by atoms with E-state index in [1.165, 1.54) is 19.3 Å². The Bertz CT molecular complexity index is 214. The lowest BCUT2D eigenvalue weighted by Gasteiger charge is -2.13. The Hall–Kier alpha value is -0.450. The van der Waals surface area contributed by atoms with Gasteiger partial charge in [0.25, 0.3) is 0 Å². The van der Waals surface area contributed by atoms with E-state index >= 15 is 0 Å². The minimum Gasteiger partial charge on any atom is -0.393 e. The van der Waals surface area contributed by atoms with Crippen LogP contribution in [-0.2, 0) is 14.3 Å². The number of carbonyl (C=O) groups excluding carboxylic acids is 1. The highest BCUT2D eigenvalue weighted by atomic mass is 16.7. The summed E-state index contributed by atoms with van der Waals surface area (Å²) in [6, 6.07) is 0. The number of unbranched alkanes of at least 4 members (excludes halogenated alkanes) is 4. The standard InChI is InChI=1S/C15H30O4/c1-4-5-6-7-8-9-13(16)12-14(17)10-11-15(18-2)19-3/h13,15-16H,4-12H2,1-3H3/t13-/m0/s1. The van der Waals surface area contributed by atoms with E-state index in [1.54, 1.807) is 14.2 Å². The molecule has 0 heterocycles. The number of ketones is 1. The second-order valence-electron chi connectivity index (χ2n) is 5.04. The van der Waals surface area contributed by atoms with Crippen molar-refractivity contribution in [1.82, 2.24) is 0 Å². The van der Waals surface area contributed by atoms with Crippen molar-refractivity contribution >= 4 is 5.78 Å². The molecule has 0 aromatic heterocycles. The molecule has 0 fully saturated rings. The van der Waals surface area contributed by atoms with E-state index < -0.39 is 6.10 Å². The molecule has 19 heavy (non-hydrogen) atoms. The number of carbonyl (C=O) groups is 1. The van der Waals surface area contributed by atoms with E-state index in [0.29, 0.717) is 12.8 Å². The van der Waals surface area contributed by atoms with E-state index in [2.05, 4.69) is 6.92 Å². The van der Waals surface area contributed by atoms with Crippen LogP contribution in [0.1, 0.15) is 64.7 Å². The molecule has 1 atom stereocenters. The van der Waals surface area contributed by atoms with Gasteiger partial charge < -0.3 is 14.6 Å². The van der Waals surface area contributed by atoms with Crippen molar-refractivity contribution in [2.45, 2.75) is 77.1 Å². The van der Waals surface area contributed by atoms with Crippen LogP contribution in [0.4, 0.5) is 0 Å². The van der Waals surface area contributed by atoms with Crippen LogP contribution in [0.15, 0.2) is 0 Å². The molecule has 0 radical (unpaired) electrons. The monoisotopic (exact) mass is 274 g/mol. The van der Waals surface area contributed by atoms with Gasteiger partial charge in [0.15, 0.2) is 6.29 Å². The fourth-order valence-corrected chi connectivity index (χ4v) is 2.06. The van der Waals surface area contributed by atoms with Crippen LogP contribution in [0.3, 0.4) is 0 Å². The molecule has 0 saturated heterocycles. The second-order valence-corrected chi connectivity index (χ2v) is 5.04. The van der Waals surface area contributed by atoms with Crippen molar-refractivity contribution in [1.29, 1.82) is 0 Å². The zero-order valence-corrected chi connectivity index (χ0v) is 12.7. The molecule has 114 valence electrons. The first-order chi connectivity index (χ1) is 9.13. The first kappa shape index (κ1) is 18.6. The predicted octanol–water partition coefficient (Wildman–Crippen LogP) is 3.07. The van der Waals surface area contributed by atoms with Gasteiger partial charge in [0.2, 0.25) is 0 Å². The molecule has 0 aliphatic rings. The number of hydrogen-bond acceptors (Lipinski definition) is 4. The molecule has 0 aromatic rings. The highest BCUT2D eigenvalue weighted by Crippen LogP contribution is 2.11. The third kappa shape index (κ3) is 11.1. The summed E-state index contributed by atoms with van der Waals surface area (Å²) in [6.45, 7) is 2.18. The Kier molecular flexibility index (Phi) is 12.3. The van der Waals surface area contributed by atoms with E-state index in [9.17, 15) is 9.90 Å². The van der Waals surface area contributed by atoms with Crippen molar-refractivity contribution < 1.29 is 19.4 Å². The second kappa shape index (κ2) is 12.6. The Morgan fingerprint density at radius 1 is 1.05 bits per heavy atom. The van der Waals surface area contributed by atoms with Crippen LogP contribution in [0.25, 0.3) is 0 Å². The zero-order chi connectivity index (χ0) is 14.5. The number of aliphatic hydroxyl groups excluding tert-OH is 1. The molecule has 0 rings (SSSR count). The van der Waals surface area contributed by atoms with Gasteiger partial charge in [-0.05, 0) is 6.42 Å². The zero-order valence-electron chi connectivity index (χ0n) is 12.7. The van der Waals surface area contributed by atoms with Crippen molar-refractivity contribution in [3.8, 4) is 0 Å². The highest BCUT2D eigenvalue weighted by molar-refractivity contribution is 5.78. The lowest BCUT2D eigenvalue weighted by Crippen LogP contribution is -2.18. The first-order valence-corrected chi connectivity index (χ1v) is 7.39. The third-order valence-electron chi connectivity index (χ3n) is 3.29. The quantitative estimate of drug-likeness (QED) is 0.414. The molecular formula is C15H30O4. The maximum atomic E-state index is 11.7. The van der Waals surface area contributed by atoms with Crippen LogP contribution in [0.2, 0.25) is 0 Å². The summed E-state index contributed by atoms with van der Waals surface area (Å²) < 4.78 is 10.0. The maximum absolute atomic E-state index is 11.7. The average Bonchev–Trinajstić information content (AvgIpc) is 2.39. The van der Waals surface area contributed by atoms with E-state index in [-0.39, 0.29) is 18.5 Å². The molecular weight excluding hydrogens is 244 g/mol. The Labute approximate surface area is 117 Å². The lowest BCUT2D eigenvalue weighted by atomic mass is 10.0. The van der Waals surface area contributed by atoms with Crippen molar-refractivity contribution in [3.05, 3.63) is 0 Å². The molecule has 0 aliphatic heterocycles. The molecule has 4 nitrogen and oxygen atoms in total. The van der Waals surface area contributed by atoms with Gasteiger partial charge in [-0.2, -0.15) is 0 Å². The number of ether oxygens (including phenoxy) is 2. The molecule has 0 unspecified atom stereocenters. The molecule has 0 bridgehead atoms. The fraction of sp³-hybridized carbons (Fsp3) is 0.933. The molecule has 4 heteroatoms. The predicted molar refractivity (Wildman–Crippen MR) is 76.0 cm³/mol. The summed E-state index contributed by atoms with van der Waals surface area (Å²) in [5.41, 5.74) is 0. The number of hydrogen-bond donors (Lipinski definition) is 1. The third-order valence-corrected chi connectivity index (χ3v) is 3.29. The van der Waals surface area contributed by atoms with Gasteiger partial charge in [-0.15, -0.1) is 0 Å². The topological polar surface area (TPSA) is 55.8 Å². The van der Waals surface area contributed by atoms with Gasteiger partial charge >= 0.3 is 0 Å². The van der Waals surface area contributed by atoms with Crippen LogP contribution in [-0.4, -0.2) is 37.5 Å². The van der Waals surface area contributed by atoms with Crippen LogP contribution < -0.4 is 0 Å². The summed E-state index contributed by atoms with van der Waals surface area (Å²) in [5, 5.41) is 9.77. The molecule has 0 spiro atoms. The minimum atomic E-state index is -0.488. The SMILES string of the molecule is CCCCCCC[C@H](O)CC(=O)CCC(OC)OC. The maximum Gasteiger partial charge on any atom is 0.157 e. The van der Waals surface area contributed by atoms with Gasteiger partial charge in [0.05, 0.1) is 6.10 Å². The summed E-state index contributed by atoms with van der Waals surface area (Å²) >= 11 is 0. The molecule has 0 aliphatic carbocycles. The largest absolute Gasteiger partial charge is 0.393 e. The van der Waals surface area contributed by atoms with Gasteiger partial charge in [-0.3, -0.25) is 4.79 Å². The van der Waals surface area contributed by atoms with E-state index in [0.717, 1.165) is 19.3 Å². The Morgan fingerprint density at radius 3 is 2.26 bits per heavy atom. The number of aliphatic hydroxyl groups is 1. The summed E-state index contributed by atoms with van der Waals surface area (Å²) in [6.07, 6.45) is 6.98. The molecule has 0 saturated carbocycles. The van der Waals surface area contributed by atoms with Crippen molar-refractivity contribution in [3.63, 3.8) is 0 Å². The van der Waals surface area contributed by atoms with Crippen molar-refractivity contribution in [2.75, 3.05) is 14.2 Å². The lowest BCUT2D eigenvalue weighted by molar-refractivity contribution is -0.128. The van der Waals surface area contributed by atoms with Gasteiger partial charge in [0, 0.05) is 33.5 Å². The van der Waals surface area contributed by atoms with Gasteiger partial charge in [-0.25, -0.2) is 0 Å². The number of methoxy groups -OCH3 is 2. The smallest absolute Gasteiger partial charge is 0.157 e. The molecule has 0 amide bonds. The average molecular weight is 274 g/mol. The minimum absolute atomic E-state index is 0.0835. The van der Waals surface area contributed by atoms with Crippen molar-refractivity contribution in [2.24, 2.45) is 0 Å². The highest BCUT2D eigenvalue weighted by Gasteiger charge is 2.13. The normalized spacial score (nSPS) is 12.9. The van der Waals surface area contributed by atoms with E-state index in [4.69, 9.17) is 9.47 Å². The molecule has 1 N–H and O–H groups in total. The van der Waals surface area contributed by atoms with E-state index in [1.807, 2.05) is 0 Å². The summed E-state index contributed by atoms with van der Waals surface area (Å²) in [4.78, 5) is 11.7. The van der Waals surface area contributed by atoms with Gasteiger partial charge in [-0.1, -0.05) is 39.0 Å². The fourth-order valence-electron chi connectivity index (χ4n) is 2.06.